The molecule has 0 saturated carbocycles. The molecule has 0 bridgehead atoms. The van der Waals surface area contributed by atoms with Gasteiger partial charge in [-0.25, -0.2) is 4.98 Å². The number of aromatic nitrogens is 1. The molecule has 0 spiro atoms. The van der Waals surface area contributed by atoms with Gasteiger partial charge in [0.1, 0.15) is 15.4 Å². The summed E-state index contributed by atoms with van der Waals surface area (Å²) in [5.74, 6) is 0.261. The molecule has 1 aliphatic rings. The highest BCUT2D eigenvalue weighted by Crippen LogP contribution is 2.41. The number of nitrogens with two attached hydrogens (primary N) is 2. The van der Waals surface area contributed by atoms with Crippen LogP contribution in [-0.4, -0.2) is 10.9 Å². The van der Waals surface area contributed by atoms with E-state index in [0.717, 1.165) is 47.4 Å². The summed E-state index contributed by atoms with van der Waals surface area (Å²) in [5, 5.41) is 0.906. The predicted molar refractivity (Wildman–Crippen MR) is 86.9 cm³/mol. The average Bonchev–Trinajstić information content (AvgIpc) is 3.14. The zero-order chi connectivity index (χ0) is 15.3. The number of hydrogen-bond acceptors (Lipinski definition) is 5. The number of anilines is 1. The van der Waals surface area contributed by atoms with Crippen LogP contribution in [0.4, 0.5) is 5.69 Å². The summed E-state index contributed by atoms with van der Waals surface area (Å²) >= 11 is 1.26. The van der Waals surface area contributed by atoms with Gasteiger partial charge in [0, 0.05) is 5.39 Å². The highest BCUT2D eigenvalue weighted by atomic mass is 32.1. The minimum Gasteiger partial charge on any atom is -0.463 e. The van der Waals surface area contributed by atoms with Gasteiger partial charge in [0.25, 0.3) is 5.91 Å². The Morgan fingerprint density at radius 1 is 1.27 bits per heavy atom. The molecule has 112 valence electrons. The molecule has 5 nitrogen and oxygen atoms in total. The molecule has 22 heavy (non-hydrogen) atoms. The number of carbonyl (C=O) groups excluding carboxylic acids is 1. The maximum atomic E-state index is 11.6. The molecular weight excluding hydrogens is 298 g/mol. The van der Waals surface area contributed by atoms with Crippen molar-refractivity contribution in [3.8, 4) is 11.5 Å². The van der Waals surface area contributed by atoms with Crippen molar-refractivity contribution >= 4 is 33.1 Å². The number of fused-ring (bicyclic) bond motifs is 3. The molecule has 1 aliphatic carbocycles. The van der Waals surface area contributed by atoms with Gasteiger partial charge in [-0.15, -0.1) is 11.3 Å². The Hall–Kier alpha value is -2.34. The van der Waals surface area contributed by atoms with Crippen molar-refractivity contribution in [3.05, 3.63) is 34.4 Å². The molecular formula is C16H15N3O2S. The fraction of sp³-hybridized carbons (Fsp3) is 0.250. The van der Waals surface area contributed by atoms with Crippen LogP contribution in [0.3, 0.4) is 0 Å². The highest BCUT2D eigenvalue weighted by molar-refractivity contribution is 7.21. The number of nitrogens with zero attached hydrogens (tertiary/aromatic N) is 1. The number of primary amides is 1. The predicted octanol–water partition coefficient (Wildman–Crippen LogP) is 3.12. The molecule has 0 aliphatic heterocycles. The van der Waals surface area contributed by atoms with Gasteiger partial charge in [0.05, 0.1) is 12.0 Å². The van der Waals surface area contributed by atoms with E-state index in [4.69, 9.17) is 20.9 Å². The lowest BCUT2D eigenvalue weighted by Crippen LogP contribution is -2.11. The fourth-order valence-electron chi connectivity index (χ4n) is 3.21. The maximum absolute atomic E-state index is 11.6. The third-order valence-electron chi connectivity index (χ3n) is 4.17. The first-order valence-corrected chi connectivity index (χ1v) is 8.06. The van der Waals surface area contributed by atoms with E-state index in [-0.39, 0.29) is 0 Å². The molecule has 0 aromatic carbocycles. The van der Waals surface area contributed by atoms with E-state index < -0.39 is 5.91 Å². The Labute approximate surface area is 130 Å². The van der Waals surface area contributed by atoms with Crippen LogP contribution in [0.5, 0.6) is 0 Å². The minimum absolute atomic E-state index is 0.395. The number of amides is 1. The van der Waals surface area contributed by atoms with E-state index in [1.807, 2.05) is 12.1 Å². The van der Waals surface area contributed by atoms with Crippen LogP contribution in [0.15, 0.2) is 22.8 Å². The Morgan fingerprint density at radius 2 is 2.05 bits per heavy atom. The molecule has 6 heteroatoms. The summed E-state index contributed by atoms with van der Waals surface area (Å²) in [7, 11) is 0. The topological polar surface area (TPSA) is 95.1 Å². The minimum atomic E-state index is -0.496. The summed E-state index contributed by atoms with van der Waals surface area (Å²) < 4.78 is 5.54. The second-order valence-electron chi connectivity index (χ2n) is 5.49. The third kappa shape index (κ3) is 1.84. The van der Waals surface area contributed by atoms with Crippen molar-refractivity contribution < 1.29 is 9.21 Å². The van der Waals surface area contributed by atoms with Crippen molar-refractivity contribution in [2.45, 2.75) is 25.7 Å². The molecule has 0 unspecified atom stereocenters. The van der Waals surface area contributed by atoms with Gasteiger partial charge in [-0.2, -0.15) is 0 Å². The number of rotatable bonds is 2. The van der Waals surface area contributed by atoms with Crippen LogP contribution in [-0.2, 0) is 12.8 Å². The lowest BCUT2D eigenvalue weighted by atomic mass is 9.88. The molecule has 4 rings (SSSR count). The Balaban J connectivity index is 2.09. The van der Waals surface area contributed by atoms with Gasteiger partial charge in [0.2, 0.25) is 0 Å². The quantitative estimate of drug-likeness (QED) is 0.760. The molecule has 3 heterocycles. The highest BCUT2D eigenvalue weighted by Gasteiger charge is 2.25. The number of pyridine rings is 1. The smallest absolute Gasteiger partial charge is 0.260 e. The Morgan fingerprint density at radius 3 is 2.73 bits per heavy atom. The van der Waals surface area contributed by atoms with E-state index in [1.54, 1.807) is 6.26 Å². The number of thiophene rings is 1. The van der Waals surface area contributed by atoms with E-state index in [2.05, 4.69) is 0 Å². The van der Waals surface area contributed by atoms with Crippen molar-refractivity contribution in [2.75, 3.05) is 5.73 Å². The maximum Gasteiger partial charge on any atom is 0.260 e. The summed E-state index contributed by atoms with van der Waals surface area (Å²) in [6, 6.07) is 3.77. The van der Waals surface area contributed by atoms with Crippen LogP contribution in [0.1, 0.15) is 33.6 Å². The van der Waals surface area contributed by atoms with Crippen molar-refractivity contribution in [1.82, 2.24) is 4.98 Å². The van der Waals surface area contributed by atoms with Gasteiger partial charge in [-0.3, -0.25) is 4.79 Å². The van der Waals surface area contributed by atoms with Crippen LogP contribution in [0, 0.1) is 0 Å². The van der Waals surface area contributed by atoms with Crippen molar-refractivity contribution in [1.29, 1.82) is 0 Å². The second-order valence-corrected chi connectivity index (χ2v) is 6.49. The number of carbonyl (C=O) groups is 1. The van der Waals surface area contributed by atoms with E-state index in [0.29, 0.717) is 10.6 Å². The number of aryl methyl sites for hydroxylation is 1. The van der Waals surface area contributed by atoms with Crippen molar-refractivity contribution in [3.63, 3.8) is 0 Å². The van der Waals surface area contributed by atoms with E-state index >= 15 is 0 Å². The lowest BCUT2D eigenvalue weighted by Gasteiger charge is -2.19. The monoisotopic (exact) mass is 313 g/mol. The Bertz CT molecular complexity index is 881. The molecule has 0 atom stereocenters. The third-order valence-corrected chi connectivity index (χ3v) is 5.29. The molecule has 4 N–H and O–H groups in total. The number of hydrogen-bond donors (Lipinski definition) is 2. The van der Waals surface area contributed by atoms with Crippen LogP contribution in [0.25, 0.3) is 21.7 Å². The molecule has 1 amide bonds. The normalized spacial score (nSPS) is 14.2. The van der Waals surface area contributed by atoms with E-state index in [1.165, 1.54) is 22.5 Å². The largest absolute Gasteiger partial charge is 0.463 e. The van der Waals surface area contributed by atoms with Crippen LogP contribution >= 0.6 is 11.3 Å². The number of furan rings is 1. The standard InChI is InChI=1S/C16H15N3O2S/c17-12-11-8-4-1-2-5-9(8)13(10-6-3-7-21-10)19-16(11)22-14(12)15(18)20/h3,6-7H,1-2,4-5,17H2,(H2,18,20). The van der Waals surface area contributed by atoms with Crippen LogP contribution in [0.2, 0.25) is 0 Å². The molecule has 3 aromatic rings. The first kappa shape index (κ1) is 13.3. The van der Waals surface area contributed by atoms with Gasteiger partial charge in [-0.1, -0.05) is 0 Å². The first-order chi connectivity index (χ1) is 10.7. The van der Waals surface area contributed by atoms with Crippen molar-refractivity contribution in [2.24, 2.45) is 5.73 Å². The number of nitrogen functional groups attached to an aromatic ring is 1. The Kier molecular flexibility index (Phi) is 2.94. The lowest BCUT2D eigenvalue weighted by molar-refractivity contribution is 0.100. The van der Waals surface area contributed by atoms with Crippen LogP contribution < -0.4 is 11.5 Å². The summed E-state index contributed by atoms with van der Waals surface area (Å²) in [5.41, 5.74) is 15.3. The molecule has 0 saturated heterocycles. The summed E-state index contributed by atoms with van der Waals surface area (Å²) in [6.07, 6.45) is 5.79. The molecule has 0 radical (unpaired) electrons. The zero-order valence-electron chi connectivity index (χ0n) is 11.9. The second kappa shape index (κ2) is 4.84. The SMILES string of the molecule is NC(=O)c1sc2nc(-c3ccco3)c3c(c2c1N)CCCC3. The van der Waals surface area contributed by atoms with Gasteiger partial charge in [-0.05, 0) is 48.9 Å². The summed E-state index contributed by atoms with van der Waals surface area (Å²) in [4.78, 5) is 17.5. The molecule has 0 fully saturated rings. The van der Waals surface area contributed by atoms with E-state index in [9.17, 15) is 4.79 Å². The fourth-order valence-corrected chi connectivity index (χ4v) is 4.19. The first-order valence-electron chi connectivity index (χ1n) is 7.24. The summed E-state index contributed by atoms with van der Waals surface area (Å²) in [6.45, 7) is 0. The van der Waals surface area contributed by atoms with Gasteiger partial charge >= 0.3 is 0 Å². The van der Waals surface area contributed by atoms with Gasteiger partial charge < -0.3 is 15.9 Å². The average molecular weight is 313 g/mol. The molecule has 3 aromatic heterocycles. The zero-order valence-corrected chi connectivity index (χ0v) is 12.7. The van der Waals surface area contributed by atoms with Gasteiger partial charge in [0.15, 0.2) is 5.76 Å².